The van der Waals surface area contributed by atoms with Gasteiger partial charge in [-0.3, -0.25) is 4.98 Å². The molecule has 0 fully saturated rings. The fraction of sp³-hybridized carbons (Fsp3) is 0.353. The fourth-order valence-electron chi connectivity index (χ4n) is 2.32. The van der Waals surface area contributed by atoms with Gasteiger partial charge in [0.1, 0.15) is 0 Å². The average molecular weight is 268 g/mol. The summed E-state index contributed by atoms with van der Waals surface area (Å²) in [6.07, 6.45) is 3.25. The van der Waals surface area contributed by atoms with Crippen molar-refractivity contribution in [2.75, 3.05) is 0 Å². The zero-order valence-corrected chi connectivity index (χ0v) is 13.3. The van der Waals surface area contributed by atoms with Crippen LogP contribution >= 0.6 is 0 Å². The van der Waals surface area contributed by atoms with Gasteiger partial charge in [-0.05, 0) is 29.2 Å². The van der Waals surface area contributed by atoms with Gasteiger partial charge in [-0.2, -0.15) is 0 Å². The molecule has 2 heteroatoms. The molecule has 0 saturated carbocycles. The molecule has 1 heterocycles. The summed E-state index contributed by atoms with van der Waals surface area (Å²) in [5.41, 5.74) is 3.80. The molecular formula is C17H22NSi. The molecule has 0 bridgehead atoms. The average Bonchev–Trinajstić information content (AvgIpc) is 2.38. The van der Waals surface area contributed by atoms with Gasteiger partial charge in [0.2, 0.25) is 0 Å². The summed E-state index contributed by atoms with van der Waals surface area (Å²) in [7, 11) is -0.447. The summed E-state index contributed by atoms with van der Waals surface area (Å²) < 4.78 is 0. The summed E-state index contributed by atoms with van der Waals surface area (Å²) in [4.78, 5) is 4.66. The molecule has 0 unspecified atom stereocenters. The topological polar surface area (TPSA) is 12.9 Å². The minimum atomic E-state index is -0.447. The smallest absolute Gasteiger partial charge is 0.0816 e. The van der Waals surface area contributed by atoms with Crippen LogP contribution in [0.15, 0.2) is 42.6 Å². The number of pyridine rings is 1. The molecule has 19 heavy (non-hydrogen) atoms. The van der Waals surface area contributed by atoms with Crippen LogP contribution in [0, 0.1) is 5.92 Å². The quantitative estimate of drug-likeness (QED) is 0.766. The molecule has 0 saturated heterocycles. The van der Waals surface area contributed by atoms with Gasteiger partial charge in [0.25, 0.3) is 0 Å². The largest absolute Gasteiger partial charge is 0.256 e. The number of aromatic nitrogens is 1. The lowest BCUT2D eigenvalue weighted by atomic mass is 10.0. The first kappa shape index (κ1) is 14.0. The van der Waals surface area contributed by atoms with Crippen LogP contribution in [-0.2, 0) is 6.42 Å². The first-order valence-corrected chi connectivity index (χ1v) is 9.43. The van der Waals surface area contributed by atoms with E-state index in [4.69, 9.17) is 0 Å². The zero-order valence-electron chi connectivity index (χ0n) is 12.3. The van der Waals surface area contributed by atoms with Gasteiger partial charge >= 0.3 is 0 Å². The predicted octanol–water partition coefficient (Wildman–Crippen LogP) is 3.91. The molecule has 0 N–H and O–H groups in total. The number of benzene rings is 1. The van der Waals surface area contributed by atoms with E-state index in [-0.39, 0.29) is 0 Å². The Hall–Kier alpha value is -1.41. The Kier molecular flexibility index (Phi) is 4.54. The molecule has 1 aromatic heterocycles. The van der Waals surface area contributed by atoms with Crippen molar-refractivity contribution < 1.29 is 0 Å². The zero-order chi connectivity index (χ0) is 13.8. The molecule has 0 aliphatic carbocycles. The minimum Gasteiger partial charge on any atom is -0.256 e. The summed E-state index contributed by atoms with van der Waals surface area (Å²) in [5.74, 6) is 0.686. The third-order valence-electron chi connectivity index (χ3n) is 3.23. The fourth-order valence-corrected chi connectivity index (χ4v) is 3.46. The maximum Gasteiger partial charge on any atom is 0.0816 e. The van der Waals surface area contributed by atoms with Crippen molar-refractivity contribution in [3.8, 4) is 11.3 Å². The second-order valence-electron chi connectivity index (χ2n) is 5.69. The van der Waals surface area contributed by atoms with Gasteiger partial charge in [0.05, 0.1) is 14.5 Å². The molecule has 2 rings (SSSR count). The lowest BCUT2D eigenvalue weighted by molar-refractivity contribution is 0.649. The molecular weight excluding hydrogens is 246 g/mol. The SMILES string of the molecule is CC(C)Cc1cc(-c2ccccc2)ncc1[Si](C)C. The summed E-state index contributed by atoms with van der Waals surface area (Å²) in [5, 5.41) is 1.48. The summed E-state index contributed by atoms with van der Waals surface area (Å²) in [6.45, 7) is 9.25. The highest BCUT2D eigenvalue weighted by atomic mass is 28.3. The van der Waals surface area contributed by atoms with E-state index in [1.807, 2.05) is 6.07 Å². The van der Waals surface area contributed by atoms with Gasteiger partial charge in [0, 0.05) is 11.8 Å². The maximum atomic E-state index is 4.66. The standard InChI is InChI=1S/C17H22NSi/c1-13(2)10-15-11-16(14-8-6-5-7-9-14)18-12-17(15)19(3)4/h5-9,11-13H,10H2,1-4H3. The van der Waals surface area contributed by atoms with Gasteiger partial charge in [0.15, 0.2) is 0 Å². The molecule has 0 spiro atoms. The maximum absolute atomic E-state index is 4.66. The molecule has 0 amide bonds. The highest BCUT2D eigenvalue weighted by Gasteiger charge is 2.11. The van der Waals surface area contributed by atoms with Crippen LogP contribution in [0.5, 0.6) is 0 Å². The predicted molar refractivity (Wildman–Crippen MR) is 85.3 cm³/mol. The Bertz CT molecular complexity index is 532. The number of hydrogen-bond acceptors (Lipinski definition) is 1. The lowest BCUT2D eigenvalue weighted by Crippen LogP contribution is -2.28. The third-order valence-corrected chi connectivity index (χ3v) is 4.75. The van der Waals surface area contributed by atoms with Gasteiger partial charge < -0.3 is 0 Å². The highest BCUT2D eigenvalue weighted by molar-refractivity contribution is 6.71. The number of rotatable bonds is 4. The Morgan fingerprint density at radius 1 is 1.11 bits per heavy atom. The highest BCUT2D eigenvalue weighted by Crippen LogP contribution is 2.18. The van der Waals surface area contributed by atoms with Crippen molar-refractivity contribution >= 4 is 14.0 Å². The monoisotopic (exact) mass is 268 g/mol. The van der Waals surface area contributed by atoms with Crippen LogP contribution in [-0.4, -0.2) is 13.8 Å². The van der Waals surface area contributed by atoms with Gasteiger partial charge in [-0.25, -0.2) is 0 Å². The first-order valence-electron chi connectivity index (χ1n) is 6.93. The molecule has 1 aromatic carbocycles. The normalized spacial score (nSPS) is 11.3. The number of nitrogens with zero attached hydrogens (tertiary/aromatic N) is 1. The van der Waals surface area contributed by atoms with E-state index < -0.39 is 8.80 Å². The van der Waals surface area contributed by atoms with Crippen molar-refractivity contribution in [2.45, 2.75) is 33.4 Å². The molecule has 0 atom stereocenters. The van der Waals surface area contributed by atoms with E-state index in [2.05, 4.69) is 68.5 Å². The van der Waals surface area contributed by atoms with Crippen molar-refractivity contribution in [2.24, 2.45) is 5.92 Å². The molecule has 2 aromatic rings. The second kappa shape index (κ2) is 6.16. The first-order chi connectivity index (χ1) is 9.08. The van der Waals surface area contributed by atoms with Gasteiger partial charge in [-0.1, -0.05) is 57.3 Å². The Balaban J connectivity index is 2.43. The van der Waals surface area contributed by atoms with E-state index >= 15 is 0 Å². The molecule has 0 aliphatic rings. The number of hydrogen-bond donors (Lipinski definition) is 0. The van der Waals surface area contributed by atoms with Crippen LogP contribution in [0.1, 0.15) is 19.4 Å². The van der Waals surface area contributed by atoms with E-state index in [0.29, 0.717) is 5.92 Å². The van der Waals surface area contributed by atoms with Crippen molar-refractivity contribution in [1.82, 2.24) is 4.98 Å². The van der Waals surface area contributed by atoms with Crippen LogP contribution < -0.4 is 5.19 Å². The van der Waals surface area contributed by atoms with E-state index in [9.17, 15) is 0 Å². The Morgan fingerprint density at radius 3 is 2.37 bits per heavy atom. The lowest BCUT2D eigenvalue weighted by Gasteiger charge is -2.15. The van der Waals surface area contributed by atoms with Crippen LogP contribution in [0.25, 0.3) is 11.3 Å². The second-order valence-corrected chi connectivity index (χ2v) is 8.23. The molecule has 1 radical (unpaired) electrons. The summed E-state index contributed by atoms with van der Waals surface area (Å²) >= 11 is 0. The van der Waals surface area contributed by atoms with Crippen LogP contribution in [0.3, 0.4) is 0 Å². The van der Waals surface area contributed by atoms with Crippen LogP contribution in [0.4, 0.5) is 0 Å². The van der Waals surface area contributed by atoms with Crippen LogP contribution in [0.2, 0.25) is 13.1 Å². The molecule has 99 valence electrons. The van der Waals surface area contributed by atoms with E-state index in [0.717, 1.165) is 12.1 Å². The van der Waals surface area contributed by atoms with E-state index in [1.54, 1.807) is 0 Å². The van der Waals surface area contributed by atoms with Gasteiger partial charge in [-0.15, -0.1) is 0 Å². The Labute approximate surface area is 118 Å². The summed E-state index contributed by atoms with van der Waals surface area (Å²) in [6, 6.07) is 12.7. The molecule has 0 aliphatic heterocycles. The van der Waals surface area contributed by atoms with E-state index in [1.165, 1.54) is 16.3 Å². The minimum absolute atomic E-state index is 0.447. The molecule has 1 nitrogen and oxygen atoms in total. The van der Waals surface area contributed by atoms with Crippen molar-refractivity contribution in [1.29, 1.82) is 0 Å². The van der Waals surface area contributed by atoms with Crippen molar-refractivity contribution in [3.63, 3.8) is 0 Å². The Morgan fingerprint density at radius 2 is 1.79 bits per heavy atom. The third kappa shape index (κ3) is 3.54. The van der Waals surface area contributed by atoms with Crippen molar-refractivity contribution in [3.05, 3.63) is 48.2 Å².